The SMILES string of the molecule is O=C(NCc1ccc([C@H]2O[C@@H](CSc3ncccn3)C[C@@H](c3ccc(CO)cc3)O2)cc1)NC12CC3CC(CC(C3)C1)C2. The van der Waals surface area contributed by atoms with Gasteiger partial charge in [-0.1, -0.05) is 60.3 Å². The Hall–Kier alpha value is -2.98. The molecule has 1 aromatic heterocycles. The molecule has 5 fully saturated rings. The van der Waals surface area contributed by atoms with E-state index in [0.29, 0.717) is 18.7 Å². The van der Waals surface area contributed by atoms with Crippen molar-refractivity contribution >= 4 is 17.8 Å². The molecule has 4 aliphatic carbocycles. The third kappa shape index (κ3) is 6.75. The van der Waals surface area contributed by atoms with Crippen LogP contribution in [0.1, 0.15) is 79.6 Å². The maximum absolute atomic E-state index is 12.9. The van der Waals surface area contributed by atoms with Gasteiger partial charge < -0.3 is 25.2 Å². The van der Waals surface area contributed by atoms with Crippen molar-refractivity contribution in [3.63, 3.8) is 0 Å². The molecule has 8 rings (SSSR count). The monoisotopic (exact) mass is 600 g/mol. The lowest BCUT2D eigenvalue weighted by molar-refractivity contribution is -0.245. The maximum Gasteiger partial charge on any atom is 0.315 e. The molecule has 9 heteroatoms. The van der Waals surface area contributed by atoms with Crippen LogP contribution < -0.4 is 10.6 Å². The third-order valence-corrected chi connectivity index (χ3v) is 10.7. The number of thioether (sulfide) groups is 1. The number of nitrogens with one attached hydrogen (secondary N) is 2. The molecule has 43 heavy (non-hydrogen) atoms. The third-order valence-electron chi connectivity index (χ3n) is 9.68. The number of urea groups is 1. The van der Waals surface area contributed by atoms with Gasteiger partial charge in [0.25, 0.3) is 0 Å². The number of aliphatic hydroxyl groups is 1. The molecule has 2 aromatic carbocycles. The van der Waals surface area contributed by atoms with Gasteiger partial charge in [-0.2, -0.15) is 0 Å². The predicted octanol–water partition coefficient (Wildman–Crippen LogP) is 6.07. The van der Waals surface area contributed by atoms with Crippen LogP contribution in [0.2, 0.25) is 0 Å². The normalized spacial score (nSPS) is 31.1. The number of carbonyl (C=O) groups is 1. The lowest BCUT2D eigenvalue weighted by atomic mass is 9.53. The van der Waals surface area contributed by atoms with Crippen LogP contribution in [-0.2, 0) is 22.6 Å². The van der Waals surface area contributed by atoms with Crippen molar-refractivity contribution < 1.29 is 19.4 Å². The Labute approximate surface area is 257 Å². The Morgan fingerprint density at radius 2 is 1.49 bits per heavy atom. The van der Waals surface area contributed by atoms with Gasteiger partial charge in [0, 0.05) is 42.2 Å². The van der Waals surface area contributed by atoms with Crippen LogP contribution in [0.4, 0.5) is 4.79 Å². The number of benzene rings is 2. The Bertz CT molecular complexity index is 1350. The molecule has 1 aliphatic heterocycles. The largest absolute Gasteiger partial charge is 0.392 e. The van der Waals surface area contributed by atoms with E-state index in [1.807, 2.05) is 54.6 Å². The number of carbonyl (C=O) groups excluding carboxylic acids is 1. The minimum Gasteiger partial charge on any atom is -0.392 e. The zero-order valence-electron chi connectivity index (χ0n) is 24.4. The number of hydrogen-bond acceptors (Lipinski definition) is 7. The fraction of sp³-hybridized carbons (Fsp3) is 0.500. The molecule has 4 saturated carbocycles. The van der Waals surface area contributed by atoms with Gasteiger partial charge in [-0.05, 0) is 79.0 Å². The first kappa shape index (κ1) is 28.8. The molecular formula is C34H40N4O4S. The zero-order chi connectivity index (χ0) is 29.2. The van der Waals surface area contributed by atoms with E-state index < -0.39 is 6.29 Å². The van der Waals surface area contributed by atoms with E-state index in [0.717, 1.165) is 64.4 Å². The van der Waals surface area contributed by atoms with Gasteiger partial charge in [-0.25, -0.2) is 14.8 Å². The first-order valence-corrected chi connectivity index (χ1v) is 16.6. The smallest absolute Gasteiger partial charge is 0.315 e. The van der Waals surface area contributed by atoms with Gasteiger partial charge in [0.1, 0.15) is 0 Å². The molecule has 3 aromatic rings. The van der Waals surface area contributed by atoms with E-state index in [2.05, 4.69) is 20.6 Å². The van der Waals surface area contributed by atoms with Gasteiger partial charge in [-0.3, -0.25) is 0 Å². The van der Waals surface area contributed by atoms with Crippen molar-refractivity contribution in [2.75, 3.05) is 5.75 Å². The first-order chi connectivity index (χ1) is 21.0. The number of rotatable bonds is 9. The molecule has 0 radical (unpaired) electrons. The summed E-state index contributed by atoms with van der Waals surface area (Å²) in [5, 5.41) is 16.7. The van der Waals surface area contributed by atoms with Crippen molar-refractivity contribution in [3.05, 3.63) is 89.2 Å². The fourth-order valence-electron chi connectivity index (χ4n) is 8.07. The highest BCUT2D eigenvalue weighted by atomic mass is 32.2. The number of aliphatic hydroxyl groups excluding tert-OH is 1. The molecule has 0 spiro atoms. The van der Waals surface area contributed by atoms with Crippen molar-refractivity contribution in [1.82, 2.24) is 20.6 Å². The second-order valence-corrected chi connectivity index (χ2v) is 13.9. The van der Waals surface area contributed by atoms with Crippen LogP contribution in [-0.4, -0.2) is 38.5 Å². The van der Waals surface area contributed by atoms with Crippen LogP contribution in [0, 0.1) is 17.8 Å². The highest BCUT2D eigenvalue weighted by Gasteiger charge is 2.51. The molecule has 2 heterocycles. The summed E-state index contributed by atoms with van der Waals surface area (Å²) >= 11 is 1.58. The van der Waals surface area contributed by atoms with Crippen LogP contribution >= 0.6 is 11.8 Å². The molecule has 5 aliphatic rings. The molecule has 2 amide bonds. The number of nitrogens with zero attached hydrogens (tertiary/aromatic N) is 2. The van der Waals surface area contributed by atoms with Crippen molar-refractivity contribution in [2.45, 2.75) is 87.3 Å². The molecule has 226 valence electrons. The van der Waals surface area contributed by atoms with E-state index in [9.17, 15) is 9.90 Å². The highest BCUT2D eigenvalue weighted by molar-refractivity contribution is 7.99. The van der Waals surface area contributed by atoms with E-state index in [4.69, 9.17) is 9.47 Å². The molecule has 1 saturated heterocycles. The standard InChI is InChI=1S/C34H40N4O4S/c39-20-23-4-6-27(7-5-23)30-15-29(21-43-33-35-10-1-11-36-33)41-31(42-30)28-8-2-22(3-9-28)19-37-32(40)38-34-16-24-12-25(17-34)14-26(13-24)18-34/h1-11,24-26,29-31,39H,12-21H2,(H2,37,38,40)/t24?,25?,26?,29-,30+,31+,34?/m1/s1. The summed E-state index contributed by atoms with van der Waals surface area (Å²) in [7, 11) is 0. The summed E-state index contributed by atoms with van der Waals surface area (Å²) in [6, 6.07) is 17.8. The number of aromatic nitrogens is 2. The molecule has 3 atom stereocenters. The number of hydrogen-bond donors (Lipinski definition) is 3. The van der Waals surface area contributed by atoms with Crippen LogP contribution in [0.5, 0.6) is 0 Å². The Morgan fingerprint density at radius 3 is 2.14 bits per heavy atom. The quantitative estimate of drug-likeness (QED) is 0.202. The first-order valence-electron chi connectivity index (χ1n) is 15.6. The Morgan fingerprint density at radius 1 is 0.860 bits per heavy atom. The minimum absolute atomic E-state index is 0.00870. The molecular weight excluding hydrogens is 560 g/mol. The van der Waals surface area contributed by atoms with Gasteiger partial charge in [-0.15, -0.1) is 0 Å². The highest BCUT2D eigenvalue weighted by Crippen LogP contribution is 2.55. The molecule has 4 bridgehead atoms. The topological polar surface area (TPSA) is 106 Å². The summed E-state index contributed by atoms with van der Waals surface area (Å²) in [4.78, 5) is 21.6. The molecule has 3 N–H and O–H groups in total. The van der Waals surface area contributed by atoms with Gasteiger partial charge in [0.05, 0.1) is 18.8 Å². The summed E-state index contributed by atoms with van der Waals surface area (Å²) < 4.78 is 12.9. The van der Waals surface area contributed by atoms with Crippen LogP contribution in [0.25, 0.3) is 0 Å². The fourth-order valence-corrected chi connectivity index (χ4v) is 8.89. The summed E-state index contributed by atoms with van der Waals surface area (Å²) in [6.45, 7) is 0.486. The second kappa shape index (κ2) is 12.6. The van der Waals surface area contributed by atoms with Crippen LogP contribution in [0.15, 0.2) is 72.1 Å². The molecule has 8 nitrogen and oxygen atoms in total. The summed E-state index contributed by atoms with van der Waals surface area (Å²) in [5.41, 5.74) is 3.90. The summed E-state index contributed by atoms with van der Waals surface area (Å²) in [6.07, 6.45) is 11.0. The number of ether oxygens (including phenoxy) is 2. The minimum atomic E-state index is -0.528. The lowest BCUT2D eigenvalue weighted by Gasteiger charge is -2.56. The average molecular weight is 601 g/mol. The van der Waals surface area contributed by atoms with Gasteiger partial charge in [0.15, 0.2) is 11.4 Å². The summed E-state index contributed by atoms with van der Waals surface area (Å²) in [5.74, 6) is 3.10. The van der Waals surface area contributed by atoms with E-state index in [-0.39, 0.29) is 30.4 Å². The Balaban J connectivity index is 0.982. The number of amides is 2. The van der Waals surface area contributed by atoms with Crippen molar-refractivity contribution in [1.29, 1.82) is 0 Å². The second-order valence-electron chi connectivity index (χ2n) is 12.9. The molecule has 0 unspecified atom stereocenters. The van der Waals surface area contributed by atoms with Crippen LogP contribution in [0.3, 0.4) is 0 Å². The van der Waals surface area contributed by atoms with Crippen molar-refractivity contribution in [3.8, 4) is 0 Å². The van der Waals surface area contributed by atoms with E-state index in [1.54, 1.807) is 24.2 Å². The lowest BCUT2D eigenvalue weighted by Crippen LogP contribution is -2.61. The maximum atomic E-state index is 12.9. The Kier molecular flexibility index (Phi) is 8.40. The van der Waals surface area contributed by atoms with Gasteiger partial charge in [0.2, 0.25) is 0 Å². The zero-order valence-corrected chi connectivity index (χ0v) is 25.2. The van der Waals surface area contributed by atoms with Crippen molar-refractivity contribution in [2.24, 2.45) is 17.8 Å². The van der Waals surface area contributed by atoms with Gasteiger partial charge >= 0.3 is 6.03 Å². The average Bonchev–Trinajstić information content (AvgIpc) is 3.02. The van der Waals surface area contributed by atoms with E-state index >= 15 is 0 Å². The predicted molar refractivity (Wildman–Crippen MR) is 164 cm³/mol. The van der Waals surface area contributed by atoms with E-state index in [1.165, 1.54) is 19.3 Å².